The highest BCUT2D eigenvalue weighted by Gasteiger charge is 2.55. The zero-order valence-electron chi connectivity index (χ0n) is 16.1. The van der Waals surface area contributed by atoms with Gasteiger partial charge in [0.15, 0.2) is 0 Å². The molecular weight excluding hydrogens is 386 g/mol. The van der Waals surface area contributed by atoms with E-state index in [4.69, 9.17) is 0 Å². The van der Waals surface area contributed by atoms with Gasteiger partial charge < -0.3 is 9.80 Å². The maximum Gasteiger partial charge on any atom is 0.244 e. The number of nitrogens with zero attached hydrogens (tertiary/aromatic N) is 5. The van der Waals surface area contributed by atoms with E-state index < -0.39 is 5.41 Å². The predicted molar refractivity (Wildman–Crippen MR) is 110 cm³/mol. The van der Waals surface area contributed by atoms with E-state index in [1.54, 1.807) is 15.1 Å². The van der Waals surface area contributed by atoms with Gasteiger partial charge in [0, 0.05) is 30.4 Å². The molecule has 8 heteroatoms. The first-order valence-corrected chi connectivity index (χ1v) is 10.6. The van der Waals surface area contributed by atoms with Crippen LogP contribution in [0.4, 0.5) is 5.69 Å². The Balaban J connectivity index is 1.41. The average molecular weight is 407 g/mol. The van der Waals surface area contributed by atoms with E-state index in [9.17, 15) is 9.59 Å². The van der Waals surface area contributed by atoms with Crippen LogP contribution in [0, 0.1) is 6.92 Å². The molecule has 0 N–H and O–H groups in total. The van der Waals surface area contributed by atoms with Crippen LogP contribution in [0.5, 0.6) is 0 Å². The van der Waals surface area contributed by atoms with Crippen LogP contribution in [-0.4, -0.2) is 44.6 Å². The van der Waals surface area contributed by atoms with Gasteiger partial charge in [-0.2, -0.15) is 5.10 Å². The van der Waals surface area contributed by atoms with Crippen LogP contribution in [0.25, 0.3) is 0 Å². The Kier molecular flexibility index (Phi) is 4.24. The van der Waals surface area contributed by atoms with Crippen LogP contribution in [0.15, 0.2) is 47.4 Å². The molecule has 5 rings (SSSR count). The van der Waals surface area contributed by atoms with Crippen LogP contribution in [0.3, 0.4) is 0 Å². The van der Waals surface area contributed by atoms with E-state index in [1.165, 1.54) is 11.3 Å². The SMILES string of the molecule is Cc1ccn(CC(=O)N2CCC3(C2)C(=O)N(Cc2cscn2)c2ccccc23)n1. The molecule has 2 amide bonds. The zero-order chi connectivity index (χ0) is 20.0. The molecule has 0 saturated carbocycles. The number of anilines is 1. The molecular formula is C21H21N5O2S. The second-order valence-corrected chi connectivity index (χ2v) is 8.41. The lowest BCUT2D eigenvalue weighted by molar-refractivity contribution is -0.131. The van der Waals surface area contributed by atoms with Gasteiger partial charge in [-0.3, -0.25) is 14.3 Å². The van der Waals surface area contributed by atoms with Gasteiger partial charge in [-0.15, -0.1) is 11.3 Å². The number of hydrogen-bond donors (Lipinski definition) is 0. The normalized spacial score (nSPS) is 20.7. The van der Waals surface area contributed by atoms with Crippen molar-refractivity contribution >= 4 is 28.8 Å². The molecule has 1 atom stereocenters. The summed E-state index contributed by atoms with van der Waals surface area (Å²) in [7, 11) is 0. The number of carbonyl (C=O) groups is 2. The fraction of sp³-hybridized carbons (Fsp3) is 0.333. The molecule has 1 fully saturated rings. The first-order chi connectivity index (χ1) is 14.1. The summed E-state index contributed by atoms with van der Waals surface area (Å²) in [5.41, 5.74) is 4.84. The van der Waals surface area contributed by atoms with Gasteiger partial charge in [0.05, 0.1) is 28.9 Å². The Bertz CT molecular complexity index is 1080. The molecule has 2 aromatic heterocycles. The van der Waals surface area contributed by atoms with Crippen LogP contribution in [-0.2, 0) is 28.1 Å². The van der Waals surface area contributed by atoms with Crippen LogP contribution >= 0.6 is 11.3 Å². The number of fused-ring (bicyclic) bond motifs is 2. The van der Waals surface area contributed by atoms with Crippen molar-refractivity contribution in [2.75, 3.05) is 18.0 Å². The number of benzene rings is 1. The molecule has 3 aromatic rings. The largest absolute Gasteiger partial charge is 0.340 e. The summed E-state index contributed by atoms with van der Waals surface area (Å²) >= 11 is 1.53. The Morgan fingerprint density at radius 3 is 2.90 bits per heavy atom. The molecule has 1 saturated heterocycles. The van der Waals surface area contributed by atoms with E-state index in [2.05, 4.69) is 10.1 Å². The van der Waals surface area contributed by atoms with Crippen molar-refractivity contribution in [3.63, 3.8) is 0 Å². The van der Waals surface area contributed by atoms with E-state index in [0.29, 0.717) is 26.1 Å². The van der Waals surface area contributed by atoms with Gasteiger partial charge in [0.1, 0.15) is 6.54 Å². The predicted octanol–water partition coefficient (Wildman–Crippen LogP) is 2.37. The number of likely N-dealkylation sites (tertiary alicyclic amines) is 1. The van der Waals surface area contributed by atoms with Crippen molar-refractivity contribution in [3.05, 3.63) is 64.4 Å². The highest BCUT2D eigenvalue weighted by Crippen LogP contribution is 2.47. The molecule has 0 aliphatic carbocycles. The molecule has 2 aliphatic heterocycles. The van der Waals surface area contributed by atoms with Crippen molar-refractivity contribution in [1.82, 2.24) is 19.7 Å². The summed E-state index contributed by atoms with van der Waals surface area (Å²) in [4.78, 5) is 34.4. The number of aromatic nitrogens is 3. The number of carbonyl (C=O) groups excluding carboxylic acids is 2. The Morgan fingerprint density at radius 2 is 2.14 bits per heavy atom. The van der Waals surface area contributed by atoms with Crippen molar-refractivity contribution in [3.8, 4) is 0 Å². The number of para-hydroxylation sites is 1. The van der Waals surface area contributed by atoms with Gasteiger partial charge in [-0.25, -0.2) is 4.98 Å². The minimum absolute atomic E-state index is 0.00629. The number of thiazole rings is 1. The molecule has 1 aromatic carbocycles. The third-order valence-electron chi connectivity index (χ3n) is 5.86. The molecule has 2 aliphatic rings. The van der Waals surface area contributed by atoms with Crippen LogP contribution < -0.4 is 4.90 Å². The van der Waals surface area contributed by atoms with Crippen LogP contribution in [0.1, 0.15) is 23.4 Å². The highest BCUT2D eigenvalue weighted by molar-refractivity contribution is 7.07. The van der Waals surface area contributed by atoms with Gasteiger partial charge in [0.2, 0.25) is 11.8 Å². The summed E-state index contributed by atoms with van der Waals surface area (Å²) in [5, 5.41) is 6.27. The molecule has 7 nitrogen and oxygen atoms in total. The third kappa shape index (κ3) is 2.95. The lowest BCUT2D eigenvalue weighted by Gasteiger charge is -2.24. The number of aryl methyl sites for hydroxylation is 1. The molecule has 0 radical (unpaired) electrons. The number of rotatable bonds is 4. The summed E-state index contributed by atoms with van der Waals surface area (Å²) in [6, 6.07) is 9.82. The van der Waals surface area contributed by atoms with E-state index in [-0.39, 0.29) is 18.4 Å². The zero-order valence-corrected chi connectivity index (χ0v) is 16.9. The summed E-state index contributed by atoms with van der Waals surface area (Å²) in [6.45, 7) is 3.54. The topological polar surface area (TPSA) is 71.3 Å². The van der Waals surface area contributed by atoms with Crippen molar-refractivity contribution in [2.24, 2.45) is 0 Å². The Hall–Kier alpha value is -3.00. The number of amides is 2. The van der Waals surface area contributed by atoms with Crippen LogP contribution in [0.2, 0.25) is 0 Å². The second kappa shape index (κ2) is 6.81. The van der Waals surface area contributed by atoms with E-state index in [0.717, 1.165) is 22.6 Å². The fourth-order valence-electron chi connectivity index (χ4n) is 4.44. The first kappa shape index (κ1) is 18.1. The summed E-state index contributed by atoms with van der Waals surface area (Å²) < 4.78 is 1.65. The molecule has 4 heterocycles. The monoisotopic (exact) mass is 407 g/mol. The lowest BCUT2D eigenvalue weighted by atomic mass is 9.81. The average Bonchev–Trinajstić information content (AvgIpc) is 3.49. The van der Waals surface area contributed by atoms with Gasteiger partial charge in [-0.05, 0) is 31.0 Å². The Labute approximate surface area is 172 Å². The second-order valence-electron chi connectivity index (χ2n) is 7.69. The van der Waals surface area contributed by atoms with E-state index in [1.807, 2.05) is 53.7 Å². The van der Waals surface area contributed by atoms with Gasteiger partial charge >= 0.3 is 0 Å². The minimum Gasteiger partial charge on any atom is -0.340 e. The molecule has 148 valence electrons. The number of hydrogen-bond acceptors (Lipinski definition) is 5. The molecule has 1 spiro atoms. The molecule has 1 unspecified atom stereocenters. The standard InChI is InChI=1S/C21H21N5O2S/c1-15-6-8-25(23-15)11-19(27)24-9-7-21(13-24)17-4-2-3-5-18(17)26(20(21)28)10-16-12-29-14-22-16/h2-6,8,12,14H,7,9-11,13H2,1H3. The van der Waals surface area contributed by atoms with Gasteiger partial charge in [-0.1, -0.05) is 18.2 Å². The van der Waals surface area contributed by atoms with Crippen molar-refractivity contribution in [1.29, 1.82) is 0 Å². The van der Waals surface area contributed by atoms with E-state index >= 15 is 0 Å². The lowest BCUT2D eigenvalue weighted by Crippen LogP contribution is -2.43. The maximum atomic E-state index is 13.6. The molecule has 29 heavy (non-hydrogen) atoms. The molecule has 0 bridgehead atoms. The highest BCUT2D eigenvalue weighted by atomic mass is 32.1. The van der Waals surface area contributed by atoms with Crippen molar-refractivity contribution < 1.29 is 9.59 Å². The Morgan fingerprint density at radius 1 is 1.28 bits per heavy atom. The van der Waals surface area contributed by atoms with Crippen molar-refractivity contribution in [2.45, 2.75) is 31.8 Å². The van der Waals surface area contributed by atoms with Gasteiger partial charge in [0.25, 0.3) is 0 Å². The first-order valence-electron chi connectivity index (χ1n) is 9.63. The smallest absolute Gasteiger partial charge is 0.244 e. The fourth-order valence-corrected chi connectivity index (χ4v) is 4.99. The minimum atomic E-state index is -0.664. The summed E-state index contributed by atoms with van der Waals surface area (Å²) in [6.07, 6.45) is 2.45. The quantitative estimate of drug-likeness (QED) is 0.666. The third-order valence-corrected chi connectivity index (χ3v) is 6.50. The summed E-state index contributed by atoms with van der Waals surface area (Å²) in [5.74, 6) is 0.0603. The maximum absolute atomic E-state index is 13.6.